The lowest BCUT2D eigenvalue weighted by molar-refractivity contribution is 0.0696. The maximum Gasteiger partial charge on any atom is 0.335 e. The highest BCUT2D eigenvalue weighted by atomic mass is 16.4. The van der Waals surface area contributed by atoms with Gasteiger partial charge in [-0.3, -0.25) is 0 Å². The van der Waals surface area contributed by atoms with Crippen LogP contribution in [0.1, 0.15) is 54.4 Å². The van der Waals surface area contributed by atoms with Crippen LogP contribution in [-0.2, 0) is 6.54 Å². The fourth-order valence-corrected chi connectivity index (χ4v) is 3.07. The first kappa shape index (κ1) is 15.0. The number of carboxylic acid groups (broad SMARTS) is 1. The molecule has 1 aromatic rings. The lowest BCUT2D eigenvalue weighted by atomic mass is 9.87. The van der Waals surface area contributed by atoms with Crippen LogP contribution < -0.4 is 0 Å². The fourth-order valence-electron chi connectivity index (χ4n) is 3.07. The molecule has 0 radical (unpaired) electrons. The van der Waals surface area contributed by atoms with E-state index in [0.717, 1.165) is 24.6 Å². The van der Waals surface area contributed by atoms with Crippen molar-refractivity contribution >= 4 is 5.97 Å². The Morgan fingerprint density at radius 3 is 2.75 bits per heavy atom. The summed E-state index contributed by atoms with van der Waals surface area (Å²) in [6.07, 6.45) is 8.26. The van der Waals surface area contributed by atoms with E-state index in [4.69, 9.17) is 5.11 Å². The number of hydrogen-bond donors (Lipinski definition) is 1. The van der Waals surface area contributed by atoms with E-state index in [2.05, 4.69) is 11.9 Å². The quantitative estimate of drug-likeness (QED) is 0.858. The van der Waals surface area contributed by atoms with Crippen molar-refractivity contribution in [2.24, 2.45) is 5.92 Å². The van der Waals surface area contributed by atoms with Gasteiger partial charge in [-0.25, -0.2) is 4.79 Å². The first-order valence-corrected chi connectivity index (χ1v) is 7.66. The van der Waals surface area contributed by atoms with Crippen molar-refractivity contribution in [3.8, 4) is 0 Å². The summed E-state index contributed by atoms with van der Waals surface area (Å²) < 4.78 is 0. The van der Waals surface area contributed by atoms with Crippen molar-refractivity contribution in [1.82, 2.24) is 4.90 Å². The van der Waals surface area contributed by atoms with E-state index < -0.39 is 5.97 Å². The van der Waals surface area contributed by atoms with Crippen LogP contribution in [0.2, 0.25) is 0 Å². The van der Waals surface area contributed by atoms with Crippen molar-refractivity contribution in [2.45, 2.75) is 45.1 Å². The molecule has 0 atom stereocenters. The van der Waals surface area contributed by atoms with Crippen molar-refractivity contribution in [3.05, 3.63) is 35.4 Å². The molecule has 0 spiro atoms. The molecular weight excluding hydrogens is 250 g/mol. The summed E-state index contributed by atoms with van der Waals surface area (Å²) in [6, 6.07) is 7.25. The second-order valence-electron chi connectivity index (χ2n) is 6.04. The first-order valence-electron chi connectivity index (χ1n) is 7.66. The van der Waals surface area contributed by atoms with E-state index in [0.29, 0.717) is 5.56 Å². The third-order valence-electron chi connectivity index (χ3n) is 4.27. The number of aromatic carboxylic acids is 1. The Hall–Kier alpha value is -1.35. The molecule has 1 N–H and O–H groups in total. The molecule has 1 aliphatic carbocycles. The summed E-state index contributed by atoms with van der Waals surface area (Å²) in [5.41, 5.74) is 1.46. The van der Waals surface area contributed by atoms with Crippen LogP contribution in [0.5, 0.6) is 0 Å². The monoisotopic (exact) mass is 275 g/mol. The van der Waals surface area contributed by atoms with Crippen LogP contribution in [0.4, 0.5) is 0 Å². The second-order valence-corrected chi connectivity index (χ2v) is 6.04. The van der Waals surface area contributed by atoms with Gasteiger partial charge in [0.05, 0.1) is 5.56 Å². The van der Waals surface area contributed by atoms with Gasteiger partial charge >= 0.3 is 5.97 Å². The van der Waals surface area contributed by atoms with Gasteiger partial charge in [-0.1, -0.05) is 44.2 Å². The molecule has 0 bridgehead atoms. The predicted molar refractivity (Wildman–Crippen MR) is 80.9 cm³/mol. The van der Waals surface area contributed by atoms with Crippen molar-refractivity contribution in [3.63, 3.8) is 0 Å². The largest absolute Gasteiger partial charge is 0.478 e. The average molecular weight is 275 g/mol. The zero-order chi connectivity index (χ0) is 14.4. The molecule has 20 heavy (non-hydrogen) atoms. The molecule has 3 heteroatoms. The Bertz CT molecular complexity index is 438. The van der Waals surface area contributed by atoms with Crippen LogP contribution in [0.25, 0.3) is 0 Å². The molecule has 1 fully saturated rings. The van der Waals surface area contributed by atoms with E-state index in [1.54, 1.807) is 12.1 Å². The smallest absolute Gasteiger partial charge is 0.335 e. The second kappa shape index (κ2) is 7.44. The van der Waals surface area contributed by atoms with Crippen LogP contribution in [-0.4, -0.2) is 29.6 Å². The molecule has 2 rings (SSSR count). The summed E-state index contributed by atoms with van der Waals surface area (Å²) in [4.78, 5) is 13.3. The molecule has 0 unspecified atom stereocenters. The van der Waals surface area contributed by atoms with Gasteiger partial charge in [-0.2, -0.15) is 0 Å². The number of nitrogens with zero attached hydrogens (tertiary/aromatic N) is 1. The molecule has 3 nitrogen and oxygen atoms in total. The van der Waals surface area contributed by atoms with Gasteiger partial charge in [0.2, 0.25) is 0 Å². The van der Waals surface area contributed by atoms with Crippen LogP contribution in [0.3, 0.4) is 0 Å². The molecule has 0 aliphatic heterocycles. The highest BCUT2D eigenvalue weighted by molar-refractivity contribution is 5.87. The standard InChI is InChI=1S/C17H25NO2/c1-18(11-10-14-6-3-2-4-7-14)13-15-8-5-9-16(12-15)17(19)20/h5,8-9,12,14H,2-4,6-7,10-11,13H2,1H3,(H,19,20). The van der Waals surface area contributed by atoms with E-state index in [1.807, 2.05) is 12.1 Å². The van der Waals surface area contributed by atoms with Gasteiger partial charge in [0.25, 0.3) is 0 Å². The minimum absolute atomic E-state index is 0.378. The lowest BCUT2D eigenvalue weighted by Crippen LogP contribution is -2.22. The summed E-state index contributed by atoms with van der Waals surface area (Å²) in [6.45, 7) is 1.93. The van der Waals surface area contributed by atoms with E-state index >= 15 is 0 Å². The summed E-state index contributed by atoms with van der Waals surface area (Å²) >= 11 is 0. The number of carboxylic acids is 1. The van der Waals surface area contributed by atoms with Crippen molar-refractivity contribution < 1.29 is 9.90 Å². The van der Waals surface area contributed by atoms with Crippen molar-refractivity contribution in [1.29, 1.82) is 0 Å². The fraction of sp³-hybridized carbons (Fsp3) is 0.588. The number of carbonyl (C=O) groups is 1. The summed E-state index contributed by atoms with van der Waals surface area (Å²) in [7, 11) is 2.12. The van der Waals surface area contributed by atoms with Crippen LogP contribution in [0, 0.1) is 5.92 Å². The van der Waals surface area contributed by atoms with Crippen LogP contribution >= 0.6 is 0 Å². The molecule has 110 valence electrons. The molecule has 1 aliphatic rings. The first-order chi connectivity index (χ1) is 9.65. The van der Waals surface area contributed by atoms with Gasteiger partial charge in [-0.05, 0) is 43.6 Å². The predicted octanol–water partition coefficient (Wildman–Crippen LogP) is 3.79. The minimum Gasteiger partial charge on any atom is -0.478 e. The minimum atomic E-state index is -0.850. The molecule has 0 heterocycles. The highest BCUT2D eigenvalue weighted by Gasteiger charge is 2.14. The lowest BCUT2D eigenvalue weighted by Gasteiger charge is -2.24. The number of benzene rings is 1. The van der Waals surface area contributed by atoms with Gasteiger partial charge in [0.1, 0.15) is 0 Å². The molecule has 1 saturated carbocycles. The maximum absolute atomic E-state index is 11.0. The van der Waals surface area contributed by atoms with Gasteiger partial charge in [0.15, 0.2) is 0 Å². The normalized spacial score (nSPS) is 16.5. The Kier molecular flexibility index (Phi) is 5.60. The zero-order valence-corrected chi connectivity index (χ0v) is 12.3. The van der Waals surface area contributed by atoms with E-state index in [9.17, 15) is 4.79 Å². The third kappa shape index (κ3) is 4.64. The van der Waals surface area contributed by atoms with Gasteiger partial charge < -0.3 is 10.0 Å². The van der Waals surface area contributed by atoms with Crippen LogP contribution in [0.15, 0.2) is 24.3 Å². The summed E-state index contributed by atoms with van der Waals surface area (Å²) in [5, 5.41) is 9.00. The molecular formula is C17H25NO2. The zero-order valence-electron chi connectivity index (χ0n) is 12.3. The molecule has 0 saturated heterocycles. The molecule has 0 amide bonds. The summed E-state index contributed by atoms with van der Waals surface area (Å²) in [5.74, 6) is 0.0493. The average Bonchev–Trinajstić information content (AvgIpc) is 2.46. The Balaban J connectivity index is 1.79. The van der Waals surface area contributed by atoms with E-state index in [-0.39, 0.29) is 0 Å². The third-order valence-corrected chi connectivity index (χ3v) is 4.27. The Morgan fingerprint density at radius 1 is 1.30 bits per heavy atom. The SMILES string of the molecule is CN(CCC1CCCCC1)Cc1cccc(C(=O)O)c1. The molecule has 0 aromatic heterocycles. The molecule has 1 aromatic carbocycles. The Morgan fingerprint density at radius 2 is 2.05 bits per heavy atom. The van der Waals surface area contributed by atoms with Gasteiger partial charge in [0, 0.05) is 6.54 Å². The van der Waals surface area contributed by atoms with E-state index in [1.165, 1.54) is 38.5 Å². The Labute approximate surface area is 121 Å². The number of hydrogen-bond acceptors (Lipinski definition) is 2. The van der Waals surface area contributed by atoms with Gasteiger partial charge in [-0.15, -0.1) is 0 Å². The number of rotatable bonds is 6. The highest BCUT2D eigenvalue weighted by Crippen LogP contribution is 2.26. The maximum atomic E-state index is 11.0. The van der Waals surface area contributed by atoms with Crippen molar-refractivity contribution in [2.75, 3.05) is 13.6 Å². The topological polar surface area (TPSA) is 40.5 Å².